The summed E-state index contributed by atoms with van der Waals surface area (Å²) >= 11 is 7.48. The van der Waals surface area contributed by atoms with Crippen LogP contribution in [0.2, 0.25) is 5.02 Å². The van der Waals surface area contributed by atoms with Gasteiger partial charge >= 0.3 is 20.7 Å². The Bertz CT molecular complexity index is 1820. The van der Waals surface area contributed by atoms with E-state index in [-0.39, 0.29) is 36.4 Å². The summed E-state index contributed by atoms with van der Waals surface area (Å²) in [6.07, 6.45) is -0.0434. The van der Waals surface area contributed by atoms with Crippen LogP contribution in [0.25, 0.3) is 11.0 Å². The highest BCUT2D eigenvalue weighted by Gasteiger charge is 2.54. The number of hydrazine groups is 1. The number of carbonyl (C=O) groups is 1. The minimum atomic E-state index is -4.58. The maximum absolute atomic E-state index is 13.5. The molecule has 0 amide bonds. The third-order valence-corrected chi connectivity index (χ3v) is 10.4. The number of esters is 1. The molecule has 6 rings (SSSR count). The summed E-state index contributed by atoms with van der Waals surface area (Å²) in [5.41, 5.74) is 4.56. The first-order valence-electron chi connectivity index (χ1n) is 15.7. The van der Waals surface area contributed by atoms with Crippen LogP contribution in [-0.4, -0.2) is 52.1 Å². The molecule has 12 nitrogen and oxygen atoms in total. The Hall–Kier alpha value is -3.37. The van der Waals surface area contributed by atoms with E-state index in [2.05, 4.69) is 26.8 Å². The summed E-state index contributed by atoms with van der Waals surface area (Å²) in [5.74, 6) is 0.582. The van der Waals surface area contributed by atoms with Crippen molar-refractivity contribution in [2.75, 3.05) is 30.7 Å². The Morgan fingerprint density at radius 3 is 2.64 bits per heavy atom. The number of nitrogen functional groups attached to an aromatic ring is 1. The van der Waals surface area contributed by atoms with Crippen molar-refractivity contribution in [1.82, 2.24) is 24.5 Å². The zero-order valence-electron chi connectivity index (χ0n) is 27.3. The molecule has 1 aliphatic carbocycles. The molecule has 3 heterocycles. The molecule has 4 aromatic rings. The number of alkyl halides is 3. The molecule has 4 N–H and O–H groups in total. The maximum atomic E-state index is 13.5. The Morgan fingerprint density at radius 2 is 1.94 bits per heavy atom. The van der Waals surface area contributed by atoms with Crippen LogP contribution in [0, 0.1) is 5.92 Å². The fourth-order valence-electron chi connectivity index (χ4n) is 5.73. The van der Waals surface area contributed by atoms with Crippen LogP contribution < -0.4 is 25.2 Å². The molecule has 2 aliphatic rings. The zero-order chi connectivity index (χ0) is 35.6. The third-order valence-electron chi connectivity index (χ3n) is 8.35. The second kappa shape index (κ2) is 15.1. The third kappa shape index (κ3) is 8.23. The topological polar surface area (TPSA) is 138 Å². The SMILES string of the molecule is CSNN(C)c1nc(N)nc2c1ccn2C1OC(COP(NC2(C(=O)OCc3ccccc3C(F)(F)F)CC2)Oc2ccc(Cl)cc2)CC1C. The molecule has 4 unspecified atom stereocenters. The molecule has 0 bridgehead atoms. The van der Waals surface area contributed by atoms with Crippen molar-refractivity contribution in [2.24, 2.45) is 5.92 Å². The zero-order valence-corrected chi connectivity index (χ0v) is 29.8. The molecule has 0 spiro atoms. The lowest BCUT2D eigenvalue weighted by Gasteiger charge is -2.25. The molecule has 2 aromatic heterocycles. The van der Waals surface area contributed by atoms with E-state index in [1.807, 2.05) is 30.1 Å². The average Bonchev–Trinajstić information content (AvgIpc) is 3.60. The molecular weight excluding hydrogens is 718 g/mol. The lowest BCUT2D eigenvalue weighted by Crippen LogP contribution is -2.39. The Morgan fingerprint density at radius 1 is 1.20 bits per heavy atom. The molecule has 50 heavy (non-hydrogen) atoms. The van der Waals surface area contributed by atoms with Crippen LogP contribution in [0.4, 0.5) is 24.9 Å². The lowest BCUT2D eigenvalue weighted by atomic mass is 10.1. The summed E-state index contributed by atoms with van der Waals surface area (Å²) in [6, 6.07) is 13.6. The number of benzene rings is 2. The summed E-state index contributed by atoms with van der Waals surface area (Å²) < 4.78 is 66.7. The Balaban J connectivity index is 1.14. The van der Waals surface area contributed by atoms with E-state index in [0.717, 1.165) is 11.5 Å². The number of aromatic nitrogens is 3. The Labute approximate surface area is 297 Å². The van der Waals surface area contributed by atoms with Gasteiger partial charge in [0, 0.05) is 29.7 Å². The summed E-state index contributed by atoms with van der Waals surface area (Å²) in [6.45, 7) is 1.67. The first-order valence-corrected chi connectivity index (χ1v) is 18.4. The van der Waals surface area contributed by atoms with Crippen LogP contribution >= 0.6 is 32.1 Å². The summed E-state index contributed by atoms with van der Waals surface area (Å²) in [7, 11) is -0.103. The van der Waals surface area contributed by atoms with Gasteiger partial charge in [0.1, 0.15) is 29.8 Å². The fraction of sp³-hybridized carbons (Fsp3) is 0.406. The van der Waals surface area contributed by atoms with Crippen molar-refractivity contribution in [2.45, 2.75) is 56.8 Å². The highest BCUT2D eigenvalue weighted by atomic mass is 35.5. The molecule has 1 saturated heterocycles. The van der Waals surface area contributed by atoms with Gasteiger partial charge in [0.25, 0.3) is 0 Å². The van der Waals surface area contributed by atoms with E-state index in [4.69, 9.17) is 35.9 Å². The molecular formula is C32H36ClF3N7O5PS. The lowest BCUT2D eigenvalue weighted by molar-refractivity contribution is -0.150. The number of hydrogen-bond acceptors (Lipinski definition) is 12. The second-order valence-corrected chi connectivity index (χ2v) is 14.3. The number of nitrogens with one attached hydrogen (secondary N) is 2. The highest BCUT2D eigenvalue weighted by Crippen LogP contribution is 2.48. The van der Waals surface area contributed by atoms with Gasteiger partial charge < -0.3 is 28.8 Å². The standard InChI is InChI=1S/C32H36ClF3N7O5PS/c1-19-16-23(47-28(19)43-15-12-24-26(42(2)41-50-3)38-30(37)39-27(24)43)18-46-49(48-22-10-8-21(33)9-11-22)40-31(13-14-31)29(44)45-17-20-6-4-5-7-25(20)32(34,35)36/h4-12,15,19,23,28,40-41H,13-14,16-18H2,1-3H3,(H2,37,38,39). The molecule has 4 atom stereocenters. The van der Waals surface area contributed by atoms with E-state index in [0.29, 0.717) is 41.5 Å². The number of halogens is 4. The number of ether oxygens (including phenoxy) is 2. The van der Waals surface area contributed by atoms with Gasteiger partial charge in [0.2, 0.25) is 5.95 Å². The first kappa shape index (κ1) is 36.4. The number of fused-ring (bicyclic) bond motifs is 1. The van der Waals surface area contributed by atoms with E-state index in [9.17, 15) is 18.0 Å². The van der Waals surface area contributed by atoms with Crippen LogP contribution in [0.15, 0.2) is 60.8 Å². The van der Waals surface area contributed by atoms with Crippen molar-refractivity contribution < 1.29 is 36.5 Å². The van der Waals surface area contributed by atoms with Gasteiger partial charge in [0.15, 0.2) is 5.82 Å². The quantitative estimate of drug-likeness (QED) is 0.0528. The highest BCUT2D eigenvalue weighted by molar-refractivity contribution is 7.96. The van der Waals surface area contributed by atoms with Crippen LogP contribution in [0.1, 0.15) is 43.5 Å². The van der Waals surface area contributed by atoms with Crippen LogP contribution in [0.5, 0.6) is 5.75 Å². The van der Waals surface area contributed by atoms with Gasteiger partial charge in [-0.25, -0.2) is 5.09 Å². The minimum Gasteiger partial charge on any atom is -0.459 e. The van der Waals surface area contributed by atoms with E-state index in [1.165, 1.54) is 30.1 Å². The summed E-state index contributed by atoms with van der Waals surface area (Å²) in [5, 5.41) is 6.25. The van der Waals surface area contributed by atoms with E-state index >= 15 is 0 Å². The van der Waals surface area contributed by atoms with Crippen molar-refractivity contribution >= 4 is 60.8 Å². The van der Waals surface area contributed by atoms with Gasteiger partial charge in [0.05, 0.1) is 23.7 Å². The van der Waals surface area contributed by atoms with Gasteiger partial charge in [-0.1, -0.05) is 48.7 Å². The second-order valence-electron chi connectivity index (χ2n) is 12.1. The van der Waals surface area contributed by atoms with Crippen molar-refractivity contribution in [1.29, 1.82) is 0 Å². The molecule has 2 aromatic carbocycles. The van der Waals surface area contributed by atoms with Gasteiger partial charge in [-0.15, -0.1) is 0 Å². The predicted molar refractivity (Wildman–Crippen MR) is 186 cm³/mol. The first-order chi connectivity index (χ1) is 23.9. The largest absolute Gasteiger partial charge is 0.459 e. The number of hydrogen-bond donors (Lipinski definition) is 3. The van der Waals surface area contributed by atoms with Gasteiger partial charge in [-0.3, -0.25) is 9.80 Å². The minimum absolute atomic E-state index is 0.0709. The van der Waals surface area contributed by atoms with Crippen molar-refractivity contribution in [3.63, 3.8) is 0 Å². The Kier molecular flexibility index (Phi) is 11.0. The fourth-order valence-corrected chi connectivity index (χ4v) is 7.66. The van der Waals surface area contributed by atoms with Gasteiger partial charge in [-0.05, 0) is 61.9 Å². The molecule has 1 aliphatic heterocycles. The smallest absolute Gasteiger partial charge is 0.416 e. The van der Waals surface area contributed by atoms with Gasteiger partial charge in [-0.2, -0.15) is 28.0 Å². The van der Waals surface area contributed by atoms with Crippen LogP contribution in [0.3, 0.4) is 0 Å². The average molecular weight is 754 g/mol. The molecule has 0 radical (unpaired) electrons. The summed E-state index contributed by atoms with van der Waals surface area (Å²) in [4.78, 5) is 25.3. The monoisotopic (exact) mass is 753 g/mol. The van der Waals surface area contributed by atoms with Crippen molar-refractivity contribution in [3.05, 3.63) is 76.9 Å². The number of nitrogens with zero attached hydrogens (tertiary/aromatic N) is 4. The number of anilines is 2. The van der Waals surface area contributed by atoms with E-state index in [1.54, 1.807) is 29.3 Å². The molecule has 18 heteroatoms. The molecule has 1 saturated carbocycles. The predicted octanol–water partition coefficient (Wildman–Crippen LogP) is 7.02. The van der Waals surface area contributed by atoms with Crippen LogP contribution in [-0.2, 0) is 31.6 Å². The van der Waals surface area contributed by atoms with Crippen molar-refractivity contribution in [3.8, 4) is 5.75 Å². The molecule has 268 valence electrons. The van der Waals surface area contributed by atoms with E-state index < -0.39 is 38.4 Å². The number of rotatable bonds is 14. The number of carbonyl (C=O) groups excluding carboxylic acids is 1. The number of nitrogens with two attached hydrogens (primary N) is 1. The maximum Gasteiger partial charge on any atom is 0.416 e. The normalized spacial score (nSPS) is 20.5. The molecule has 2 fully saturated rings.